The Hall–Kier alpha value is -1.91. The zero-order valence-electron chi connectivity index (χ0n) is 16.7. The number of nitrogens with zero attached hydrogens (tertiary/aromatic N) is 2. The molecule has 2 aromatic heterocycles. The molecule has 0 bridgehead atoms. The lowest BCUT2D eigenvalue weighted by atomic mass is 10.2. The third-order valence-corrected chi connectivity index (χ3v) is 5.34. The molecule has 2 heterocycles. The number of halogens is 1. The molecule has 0 saturated carbocycles. The summed E-state index contributed by atoms with van der Waals surface area (Å²) in [5.74, 6) is 1.63. The van der Waals surface area contributed by atoms with Crippen molar-refractivity contribution in [2.24, 2.45) is 4.99 Å². The van der Waals surface area contributed by atoms with Crippen molar-refractivity contribution in [3.63, 3.8) is 0 Å². The summed E-state index contributed by atoms with van der Waals surface area (Å²) in [6.07, 6.45) is 2.54. The van der Waals surface area contributed by atoms with E-state index in [1.165, 1.54) is 4.88 Å². The number of benzene rings is 1. The molecule has 0 amide bonds. The maximum absolute atomic E-state index is 5.58. The van der Waals surface area contributed by atoms with E-state index in [4.69, 9.17) is 14.1 Å². The monoisotopic (exact) mass is 526 g/mol. The first-order valence-corrected chi connectivity index (χ1v) is 10.1. The number of aromatic nitrogens is 1. The summed E-state index contributed by atoms with van der Waals surface area (Å²) in [5.41, 5.74) is 2.21. The Morgan fingerprint density at radius 2 is 2.00 bits per heavy atom. The minimum atomic E-state index is 0. The van der Waals surface area contributed by atoms with Crippen LogP contribution in [0.2, 0.25) is 0 Å². The van der Waals surface area contributed by atoms with Crippen LogP contribution in [0.5, 0.6) is 0 Å². The number of guanidine groups is 1. The van der Waals surface area contributed by atoms with Crippen molar-refractivity contribution in [1.29, 1.82) is 0 Å². The summed E-state index contributed by atoms with van der Waals surface area (Å²) in [6.45, 7) is 4.71. The van der Waals surface area contributed by atoms with Gasteiger partial charge in [0.25, 0.3) is 0 Å². The summed E-state index contributed by atoms with van der Waals surface area (Å²) in [4.78, 5) is 10.2. The van der Waals surface area contributed by atoms with E-state index in [-0.39, 0.29) is 24.0 Å². The fraction of sp³-hybridized carbons (Fsp3) is 0.333. The van der Waals surface area contributed by atoms with Crippen LogP contribution >= 0.6 is 35.3 Å². The Morgan fingerprint density at radius 3 is 2.72 bits per heavy atom. The van der Waals surface area contributed by atoms with Crippen molar-refractivity contribution < 1.29 is 9.15 Å². The number of thiazole rings is 1. The number of aliphatic imine (C=N–C) groups is 1. The van der Waals surface area contributed by atoms with Crippen LogP contribution in [0.25, 0.3) is 10.6 Å². The Balaban J connectivity index is 0.00000300. The molecule has 0 atom stereocenters. The smallest absolute Gasteiger partial charge is 0.191 e. The molecular weight excluding hydrogens is 499 g/mol. The first kappa shape index (κ1) is 23.4. The van der Waals surface area contributed by atoms with Gasteiger partial charge in [0.1, 0.15) is 17.4 Å². The first-order chi connectivity index (χ1) is 13.8. The van der Waals surface area contributed by atoms with E-state index in [9.17, 15) is 0 Å². The SMILES string of the molecule is CN=C(NCCCOCc1ccco1)NCc1sc(-c2ccccc2)nc1C.I. The largest absolute Gasteiger partial charge is 0.467 e. The Morgan fingerprint density at radius 1 is 1.17 bits per heavy atom. The van der Waals surface area contributed by atoms with Crippen molar-refractivity contribution in [3.05, 3.63) is 65.1 Å². The van der Waals surface area contributed by atoms with Gasteiger partial charge in [0.2, 0.25) is 0 Å². The number of nitrogens with one attached hydrogen (secondary N) is 2. The molecule has 8 heteroatoms. The second-order valence-corrected chi connectivity index (χ2v) is 7.32. The van der Waals surface area contributed by atoms with Gasteiger partial charge in [-0.25, -0.2) is 4.98 Å². The van der Waals surface area contributed by atoms with Crippen molar-refractivity contribution in [2.45, 2.75) is 26.5 Å². The molecule has 0 fully saturated rings. The molecule has 0 spiro atoms. The number of hydrogen-bond acceptors (Lipinski definition) is 5. The Bertz CT molecular complexity index is 866. The molecule has 3 rings (SSSR count). The maximum atomic E-state index is 5.58. The number of furan rings is 1. The van der Waals surface area contributed by atoms with Crippen LogP contribution in [0.15, 0.2) is 58.1 Å². The van der Waals surface area contributed by atoms with Gasteiger partial charge < -0.3 is 19.8 Å². The molecule has 0 aliphatic rings. The summed E-state index contributed by atoms with van der Waals surface area (Å²) in [7, 11) is 1.78. The zero-order valence-corrected chi connectivity index (χ0v) is 19.8. The molecule has 0 aliphatic heterocycles. The van der Waals surface area contributed by atoms with E-state index in [2.05, 4.69) is 27.8 Å². The van der Waals surface area contributed by atoms with E-state index in [1.54, 1.807) is 24.6 Å². The van der Waals surface area contributed by atoms with Gasteiger partial charge in [-0.1, -0.05) is 30.3 Å². The second-order valence-electron chi connectivity index (χ2n) is 6.23. The van der Waals surface area contributed by atoms with Gasteiger partial charge in [-0.3, -0.25) is 4.99 Å². The van der Waals surface area contributed by atoms with E-state index in [0.29, 0.717) is 19.8 Å². The van der Waals surface area contributed by atoms with Crippen LogP contribution < -0.4 is 10.6 Å². The molecule has 0 unspecified atom stereocenters. The molecule has 6 nitrogen and oxygen atoms in total. The molecule has 2 N–H and O–H groups in total. The highest BCUT2D eigenvalue weighted by Gasteiger charge is 2.09. The summed E-state index contributed by atoms with van der Waals surface area (Å²) in [6, 6.07) is 14.0. The number of hydrogen-bond donors (Lipinski definition) is 2. The molecule has 3 aromatic rings. The Labute approximate surface area is 192 Å². The zero-order chi connectivity index (χ0) is 19.6. The summed E-state index contributed by atoms with van der Waals surface area (Å²) < 4.78 is 10.8. The van der Waals surface area contributed by atoms with E-state index in [1.807, 2.05) is 37.3 Å². The maximum Gasteiger partial charge on any atom is 0.191 e. The van der Waals surface area contributed by atoms with Gasteiger partial charge in [-0.05, 0) is 25.5 Å². The molecular formula is C21H27IN4O2S. The van der Waals surface area contributed by atoms with Crippen molar-refractivity contribution in [1.82, 2.24) is 15.6 Å². The molecule has 1 aromatic carbocycles. The number of rotatable bonds is 9. The lowest BCUT2D eigenvalue weighted by Crippen LogP contribution is -2.37. The third kappa shape index (κ3) is 7.45. The lowest BCUT2D eigenvalue weighted by Gasteiger charge is -2.11. The highest BCUT2D eigenvalue weighted by Crippen LogP contribution is 2.27. The van der Waals surface area contributed by atoms with E-state index in [0.717, 1.165) is 41.0 Å². The topological polar surface area (TPSA) is 71.7 Å². The quantitative estimate of drug-likeness (QED) is 0.185. The number of ether oxygens (including phenoxy) is 1. The molecule has 0 radical (unpaired) electrons. The summed E-state index contributed by atoms with van der Waals surface area (Å²) in [5, 5.41) is 7.72. The van der Waals surface area contributed by atoms with E-state index >= 15 is 0 Å². The lowest BCUT2D eigenvalue weighted by molar-refractivity contribution is 0.105. The molecule has 29 heavy (non-hydrogen) atoms. The van der Waals surface area contributed by atoms with Gasteiger partial charge in [-0.2, -0.15) is 0 Å². The fourth-order valence-corrected chi connectivity index (χ4v) is 3.64. The third-order valence-electron chi connectivity index (χ3n) is 4.14. The minimum absolute atomic E-state index is 0. The van der Waals surface area contributed by atoms with Crippen LogP contribution in [0.4, 0.5) is 0 Å². The normalized spacial score (nSPS) is 11.2. The second kappa shape index (κ2) is 12.6. The first-order valence-electron chi connectivity index (χ1n) is 9.32. The van der Waals surface area contributed by atoms with Crippen LogP contribution in [0.3, 0.4) is 0 Å². The standard InChI is InChI=1S/C21H26N4O2S.HI/c1-16-19(28-20(25-16)17-8-4-3-5-9-17)14-24-21(22-2)23-11-7-12-26-15-18-10-6-13-27-18;/h3-6,8-10,13H,7,11-12,14-15H2,1-2H3,(H2,22,23,24);1H. The predicted molar refractivity (Wildman–Crippen MR) is 129 cm³/mol. The Kier molecular flexibility index (Phi) is 10.2. The highest BCUT2D eigenvalue weighted by atomic mass is 127. The van der Waals surface area contributed by atoms with Crippen LogP contribution in [0.1, 0.15) is 22.8 Å². The van der Waals surface area contributed by atoms with Crippen molar-refractivity contribution >= 4 is 41.3 Å². The molecule has 0 aliphatic carbocycles. The van der Waals surface area contributed by atoms with Gasteiger partial charge in [0, 0.05) is 30.6 Å². The van der Waals surface area contributed by atoms with Crippen LogP contribution in [-0.2, 0) is 17.9 Å². The fourth-order valence-electron chi connectivity index (χ4n) is 2.63. The number of aryl methyl sites for hydroxylation is 1. The van der Waals surface area contributed by atoms with Crippen LogP contribution in [-0.4, -0.2) is 31.1 Å². The van der Waals surface area contributed by atoms with Crippen molar-refractivity contribution in [2.75, 3.05) is 20.2 Å². The van der Waals surface area contributed by atoms with Gasteiger partial charge in [0.15, 0.2) is 5.96 Å². The predicted octanol–water partition coefficient (Wildman–Crippen LogP) is 4.60. The van der Waals surface area contributed by atoms with Gasteiger partial charge in [0.05, 0.1) is 18.5 Å². The highest BCUT2D eigenvalue weighted by molar-refractivity contribution is 14.0. The summed E-state index contributed by atoms with van der Waals surface area (Å²) >= 11 is 1.71. The van der Waals surface area contributed by atoms with Gasteiger partial charge in [-0.15, -0.1) is 35.3 Å². The molecule has 156 valence electrons. The van der Waals surface area contributed by atoms with Crippen LogP contribution in [0, 0.1) is 6.92 Å². The van der Waals surface area contributed by atoms with E-state index < -0.39 is 0 Å². The van der Waals surface area contributed by atoms with Crippen molar-refractivity contribution in [3.8, 4) is 10.6 Å². The molecule has 0 saturated heterocycles. The minimum Gasteiger partial charge on any atom is -0.467 e. The van der Waals surface area contributed by atoms with Gasteiger partial charge >= 0.3 is 0 Å². The average Bonchev–Trinajstić information content (AvgIpc) is 3.37. The average molecular weight is 526 g/mol.